The Morgan fingerprint density at radius 3 is 2.46 bits per heavy atom. The Morgan fingerprint density at radius 1 is 1.15 bits per heavy atom. The van der Waals surface area contributed by atoms with Crippen molar-refractivity contribution in [2.45, 2.75) is 50.2 Å². The maximum atomic E-state index is 12.3. The van der Waals surface area contributed by atoms with Crippen molar-refractivity contribution < 1.29 is 31.6 Å². The molecule has 2 bridgehead atoms. The van der Waals surface area contributed by atoms with Crippen LogP contribution in [-0.4, -0.2) is 65.4 Å². The number of fused-ring (bicyclic) bond motifs is 2. The number of nitrogens with two attached hydrogens (primary N) is 1. The van der Waals surface area contributed by atoms with Gasteiger partial charge in [-0.2, -0.15) is 13.5 Å². The molecule has 3 rings (SSSR count). The van der Waals surface area contributed by atoms with Gasteiger partial charge in [0.05, 0.1) is 12.0 Å². The minimum atomic E-state index is -4.84. The number of hydrogen-bond acceptors (Lipinski definition) is 7. The van der Waals surface area contributed by atoms with Crippen molar-refractivity contribution in [3.8, 4) is 0 Å². The van der Waals surface area contributed by atoms with E-state index < -0.39 is 34.4 Å². The minimum Gasteiger partial charge on any atom is -0.327 e. The number of piperidine rings is 1. The topological polar surface area (TPSA) is 171 Å². The molecule has 1 aliphatic carbocycles. The molecule has 1 saturated carbocycles. The first-order valence-corrected chi connectivity index (χ1v) is 9.66. The van der Waals surface area contributed by atoms with E-state index >= 15 is 0 Å². The van der Waals surface area contributed by atoms with Gasteiger partial charge in [-0.15, -0.1) is 4.28 Å². The summed E-state index contributed by atoms with van der Waals surface area (Å²) in [4.78, 5) is 37.8. The second-order valence-electron chi connectivity index (χ2n) is 6.69. The molecule has 3 aliphatic rings. The van der Waals surface area contributed by atoms with Crippen LogP contribution in [0.2, 0.25) is 0 Å². The molecule has 0 aromatic carbocycles. The van der Waals surface area contributed by atoms with E-state index in [2.05, 4.69) is 15.1 Å². The van der Waals surface area contributed by atoms with Gasteiger partial charge < -0.3 is 10.6 Å². The van der Waals surface area contributed by atoms with Crippen molar-refractivity contribution in [1.29, 1.82) is 0 Å². The second-order valence-corrected chi connectivity index (χ2v) is 7.69. The van der Waals surface area contributed by atoms with Crippen molar-refractivity contribution in [1.82, 2.24) is 20.8 Å². The Hall–Kier alpha value is -1.96. The van der Waals surface area contributed by atoms with Crippen LogP contribution in [0.5, 0.6) is 0 Å². The highest BCUT2D eigenvalue weighted by Gasteiger charge is 2.49. The van der Waals surface area contributed by atoms with E-state index in [4.69, 9.17) is 10.3 Å². The summed E-state index contributed by atoms with van der Waals surface area (Å²) < 4.78 is 34.7. The lowest BCUT2D eigenvalue weighted by atomic mass is 10.0. The molecule has 2 heterocycles. The Balaban J connectivity index is 1.57. The van der Waals surface area contributed by atoms with Gasteiger partial charge in [-0.25, -0.2) is 4.79 Å². The van der Waals surface area contributed by atoms with Gasteiger partial charge in [0.25, 0.3) is 5.91 Å². The number of hydroxylamine groups is 2. The summed E-state index contributed by atoms with van der Waals surface area (Å²) in [6.45, 7) is 0.0773. The molecule has 0 unspecified atom stereocenters. The predicted molar refractivity (Wildman–Crippen MR) is 85.0 cm³/mol. The molecule has 0 aromatic rings. The maximum absolute atomic E-state index is 12.3. The summed E-state index contributed by atoms with van der Waals surface area (Å²) in [6, 6.07) is -2.55. The first-order chi connectivity index (χ1) is 12.2. The normalized spacial score (nSPS) is 31.2. The first kappa shape index (κ1) is 18.8. The third kappa shape index (κ3) is 3.75. The van der Waals surface area contributed by atoms with Gasteiger partial charge >= 0.3 is 16.4 Å². The molecule has 146 valence electrons. The average Bonchev–Trinajstić information content (AvgIpc) is 3.09. The minimum absolute atomic E-state index is 0.0773. The fourth-order valence-electron chi connectivity index (χ4n) is 3.72. The smallest absolute Gasteiger partial charge is 0.327 e. The zero-order valence-electron chi connectivity index (χ0n) is 13.8. The summed E-state index contributed by atoms with van der Waals surface area (Å²) in [5.74, 6) is -1.33. The maximum Gasteiger partial charge on any atom is 0.418 e. The van der Waals surface area contributed by atoms with E-state index in [1.807, 2.05) is 0 Å². The SMILES string of the molecule is N[C@@H]1CCC[C@H]1C(=O)NNC(=O)[C@@H]1CC[C@H]2CN1C(=O)N2OS(=O)(=O)O. The van der Waals surface area contributed by atoms with Crippen LogP contribution in [0.4, 0.5) is 4.79 Å². The Bertz CT molecular complexity index is 714. The van der Waals surface area contributed by atoms with Crippen LogP contribution in [0.15, 0.2) is 0 Å². The number of hydrogen-bond donors (Lipinski definition) is 4. The number of carbonyl (C=O) groups excluding carboxylic acids is 3. The molecule has 5 N–H and O–H groups in total. The zero-order valence-corrected chi connectivity index (χ0v) is 14.6. The largest absolute Gasteiger partial charge is 0.418 e. The molecule has 26 heavy (non-hydrogen) atoms. The van der Waals surface area contributed by atoms with E-state index in [0.29, 0.717) is 17.9 Å². The molecule has 13 heteroatoms. The molecule has 2 aliphatic heterocycles. The molecule has 0 radical (unpaired) electrons. The molecule has 0 spiro atoms. The molecule has 4 amide bonds. The lowest BCUT2D eigenvalue weighted by Gasteiger charge is -2.29. The van der Waals surface area contributed by atoms with E-state index in [1.54, 1.807) is 0 Å². The van der Waals surface area contributed by atoms with Crippen LogP contribution in [0.3, 0.4) is 0 Å². The first-order valence-electron chi connectivity index (χ1n) is 8.29. The molecule has 4 atom stereocenters. The Kier molecular flexibility index (Phi) is 5.05. The summed E-state index contributed by atoms with van der Waals surface area (Å²) in [5.41, 5.74) is 10.5. The number of amides is 4. The van der Waals surface area contributed by atoms with Crippen molar-refractivity contribution in [2.75, 3.05) is 6.54 Å². The molecular weight excluding hydrogens is 370 g/mol. The van der Waals surface area contributed by atoms with E-state index in [1.165, 1.54) is 0 Å². The number of rotatable bonds is 4. The van der Waals surface area contributed by atoms with Crippen molar-refractivity contribution in [2.24, 2.45) is 11.7 Å². The van der Waals surface area contributed by atoms with Gasteiger partial charge in [-0.3, -0.25) is 25.0 Å². The van der Waals surface area contributed by atoms with Gasteiger partial charge in [0.2, 0.25) is 5.91 Å². The molecule has 0 aromatic heterocycles. The third-order valence-electron chi connectivity index (χ3n) is 5.02. The van der Waals surface area contributed by atoms with E-state index in [9.17, 15) is 22.8 Å². The summed E-state index contributed by atoms with van der Waals surface area (Å²) in [7, 11) is -4.84. The number of nitrogens with one attached hydrogen (secondary N) is 2. The zero-order chi connectivity index (χ0) is 19.1. The molecule has 12 nitrogen and oxygen atoms in total. The van der Waals surface area contributed by atoms with Crippen molar-refractivity contribution in [3.05, 3.63) is 0 Å². The number of hydrazine groups is 1. The molecule has 2 saturated heterocycles. The standard InChI is InChI=1S/C13H21N5O7S/c14-9-3-1-2-8(9)11(19)15-16-12(20)10-5-4-7-6-17(10)13(21)18(7)25-26(22,23)24/h7-10H,1-6,14H2,(H,15,19)(H,16,20)(H,22,23,24)/t7-,8+,9+,10-/m0/s1. The van der Waals surface area contributed by atoms with Crippen LogP contribution in [0.1, 0.15) is 32.1 Å². The van der Waals surface area contributed by atoms with E-state index in [-0.39, 0.29) is 30.8 Å². The van der Waals surface area contributed by atoms with Crippen LogP contribution in [-0.2, 0) is 24.3 Å². The van der Waals surface area contributed by atoms with Gasteiger partial charge in [-0.1, -0.05) is 6.42 Å². The summed E-state index contributed by atoms with van der Waals surface area (Å²) >= 11 is 0. The van der Waals surface area contributed by atoms with Gasteiger partial charge in [-0.05, 0) is 25.7 Å². The Morgan fingerprint density at radius 2 is 1.85 bits per heavy atom. The van der Waals surface area contributed by atoms with Crippen LogP contribution < -0.4 is 16.6 Å². The lowest BCUT2D eigenvalue weighted by Crippen LogP contribution is -2.55. The van der Waals surface area contributed by atoms with Gasteiger partial charge in [0, 0.05) is 12.6 Å². The number of carbonyl (C=O) groups is 3. The summed E-state index contributed by atoms with van der Waals surface area (Å²) in [5, 5.41) is 0.554. The average molecular weight is 391 g/mol. The highest BCUT2D eigenvalue weighted by molar-refractivity contribution is 7.80. The van der Waals surface area contributed by atoms with E-state index in [0.717, 1.165) is 17.7 Å². The molecular formula is C13H21N5O7S. The monoisotopic (exact) mass is 391 g/mol. The highest BCUT2D eigenvalue weighted by Crippen LogP contribution is 2.30. The van der Waals surface area contributed by atoms with Crippen molar-refractivity contribution >= 4 is 28.2 Å². The van der Waals surface area contributed by atoms with Crippen molar-refractivity contribution in [3.63, 3.8) is 0 Å². The fraction of sp³-hybridized carbons (Fsp3) is 0.769. The number of urea groups is 1. The summed E-state index contributed by atoms with van der Waals surface area (Å²) in [6.07, 6.45) is 2.81. The van der Waals surface area contributed by atoms with Crippen LogP contribution in [0.25, 0.3) is 0 Å². The van der Waals surface area contributed by atoms with Gasteiger partial charge in [0.15, 0.2) is 0 Å². The highest BCUT2D eigenvalue weighted by atomic mass is 32.3. The number of nitrogens with zero attached hydrogens (tertiary/aromatic N) is 2. The van der Waals surface area contributed by atoms with Crippen LogP contribution in [0, 0.1) is 5.92 Å². The Labute approximate surface area is 149 Å². The quantitative estimate of drug-likeness (QED) is 0.323. The lowest BCUT2D eigenvalue weighted by molar-refractivity contribution is -0.133. The predicted octanol–water partition coefficient (Wildman–Crippen LogP) is -1.74. The molecule has 3 fully saturated rings. The van der Waals surface area contributed by atoms with Gasteiger partial charge in [0.1, 0.15) is 6.04 Å². The van der Waals surface area contributed by atoms with Crippen LogP contribution >= 0.6 is 0 Å². The second kappa shape index (κ2) is 6.98. The fourth-order valence-corrected chi connectivity index (χ4v) is 4.11. The third-order valence-corrected chi connectivity index (χ3v) is 5.36.